The second-order valence-corrected chi connectivity index (χ2v) is 4.09. The van der Waals surface area contributed by atoms with Crippen molar-refractivity contribution in [3.05, 3.63) is 35.4 Å². The minimum Gasteiger partial charge on any atom is -0.376 e. The Morgan fingerprint density at radius 2 is 1.88 bits per heavy atom. The molecule has 1 unspecified atom stereocenters. The molecule has 0 saturated carbocycles. The topological polar surface area (TPSA) is 20.2 Å². The standard InChI is InChI=1S/C15H20O/c1-3-4-5-6-7-8-15(16)14-11-9-13(2)10-12-14/h9-12,15-16H,3-6H2,1-2H3. The van der Waals surface area contributed by atoms with Crippen molar-refractivity contribution in [2.45, 2.75) is 45.6 Å². The average molecular weight is 216 g/mol. The molecule has 1 atom stereocenters. The Hall–Kier alpha value is -1.26. The highest BCUT2D eigenvalue weighted by Crippen LogP contribution is 2.12. The fourth-order valence-corrected chi connectivity index (χ4v) is 1.46. The summed E-state index contributed by atoms with van der Waals surface area (Å²) >= 11 is 0. The molecule has 0 spiro atoms. The molecule has 16 heavy (non-hydrogen) atoms. The van der Waals surface area contributed by atoms with Gasteiger partial charge in [-0.05, 0) is 18.9 Å². The van der Waals surface area contributed by atoms with Crippen LogP contribution in [0.4, 0.5) is 0 Å². The van der Waals surface area contributed by atoms with Gasteiger partial charge in [-0.1, -0.05) is 55.5 Å². The highest BCUT2D eigenvalue weighted by atomic mass is 16.3. The number of unbranched alkanes of at least 4 members (excludes halogenated alkanes) is 3. The number of aryl methyl sites for hydroxylation is 1. The third-order valence-electron chi connectivity index (χ3n) is 2.54. The van der Waals surface area contributed by atoms with Crippen molar-refractivity contribution in [2.75, 3.05) is 0 Å². The van der Waals surface area contributed by atoms with Crippen LogP contribution in [0.3, 0.4) is 0 Å². The summed E-state index contributed by atoms with van der Waals surface area (Å²) in [6, 6.07) is 7.86. The first-order chi connectivity index (χ1) is 7.74. The zero-order valence-electron chi connectivity index (χ0n) is 10.2. The van der Waals surface area contributed by atoms with E-state index in [-0.39, 0.29) is 0 Å². The highest BCUT2D eigenvalue weighted by Gasteiger charge is 2.01. The second kappa shape index (κ2) is 7.09. The van der Waals surface area contributed by atoms with E-state index in [9.17, 15) is 5.11 Å². The molecule has 1 rings (SSSR count). The minimum absolute atomic E-state index is 0.637. The molecule has 0 radical (unpaired) electrons. The van der Waals surface area contributed by atoms with E-state index < -0.39 is 6.10 Å². The van der Waals surface area contributed by atoms with Crippen LogP contribution < -0.4 is 0 Å². The van der Waals surface area contributed by atoms with Gasteiger partial charge in [0.25, 0.3) is 0 Å². The maximum atomic E-state index is 9.79. The van der Waals surface area contributed by atoms with Crippen molar-refractivity contribution < 1.29 is 5.11 Å². The molecule has 0 aliphatic heterocycles. The number of rotatable bonds is 4. The molecular formula is C15H20O. The van der Waals surface area contributed by atoms with Gasteiger partial charge in [-0.25, -0.2) is 0 Å². The Kier molecular flexibility index (Phi) is 5.67. The molecule has 0 bridgehead atoms. The summed E-state index contributed by atoms with van der Waals surface area (Å²) in [5, 5.41) is 9.79. The van der Waals surface area contributed by atoms with Crippen molar-refractivity contribution in [2.24, 2.45) is 0 Å². The summed E-state index contributed by atoms with van der Waals surface area (Å²) in [5.41, 5.74) is 2.08. The van der Waals surface area contributed by atoms with Crippen molar-refractivity contribution in [3.63, 3.8) is 0 Å². The number of aliphatic hydroxyl groups is 1. The predicted molar refractivity (Wildman–Crippen MR) is 68.1 cm³/mol. The van der Waals surface area contributed by atoms with Gasteiger partial charge in [-0.15, -0.1) is 5.92 Å². The number of aliphatic hydroxyl groups excluding tert-OH is 1. The number of benzene rings is 1. The molecule has 0 amide bonds. The molecule has 0 aromatic heterocycles. The molecular weight excluding hydrogens is 196 g/mol. The zero-order valence-corrected chi connectivity index (χ0v) is 10.2. The monoisotopic (exact) mass is 216 g/mol. The summed E-state index contributed by atoms with van der Waals surface area (Å²) in [5.74, 6) is 5.92. The summed E-state index contributed by atoms with van der Waals surface area (Å²) in [4.78, 5) is 0. The summed E-state index contributed by atoms with van der Waals surface area (Å²) in [6.07, 6.45) is 3.81. The SMILES string of the molecule is CCCCCC#CC(O)c1ccc(C)cc1. The van der Waals surface area contributed by atoms with Crippen LogP contribution in [0.2, 0.25) is 0 Å². The van der Waals surface area contributed by atoms with Gasteiger partial charge < -0.3 is 5.11 Å². The normalized spacial score (nSPS) is 11.7. The quantitative estimate of drug-likeness (QED) is 0.602. The van der Waals surface area contributed by atoms with E-state index >= 15 is 0 Å². The Morgan fingerprint density at radius 1 is 1.19 bits per heavy atom. The molecule has 1 aromatic rings. The molecule has 0 aliphatic carbocycles. The van der Waals surface area contributed by atoms with Gasteiger partial charge in [0, 0.05) is 6.42 Å². The van der Waals surface area contributed by atoms with Gasteiger partial charge in [0.2, 0.25) is 0 Å². The highest BCUT2D eigenvalue weighted by molar-refractivity contribution is 5.27. The molecule has 0 saturated heterocycles. The fourth-order valence-electron chi connectivity index (χ4n) is 1.46. The van der Waals surface area contributed by atoms with Crippen LogP contribution >= 0.6 is 0 Å². The smallest absolute Gasteiger partial charge is 0.140 e. The molecule has 1 heteroatoms. The van der Waals surface area contributed by atoms with Crippen molar-refractivity contribution in [1.82, 2.24) is 0 Å². The van der Waals surface area contributed by atoms with E-state index in [0.717, 1.165) is 18.4 Å². The van der Waals surface area contributed by atoms with E-state index in [4.69, 9.17) is 0 Å². The molecule has 0 heterocycles. The van der Waals surface area contributed by atoms with Gasteiger partial charge in [-0.3, -0.25) is 0 Å². The van der Waals surface area contributed by atoms with E-state index in [1.54, 1.807) is 0 Å². The van der Waals surface area contributed by atoms with Gasteiger partial charge in [0.15, 0.2) is 0 Å². The lowest BCUT2D eigenvalue weighted by Gasteiger charge is -2.03. The Morgan fingerprint density at radius 3 is 2.50 bits per heavy atom. The lowest BCUT2D eigenvalue weighted by molar-refractivity contribution is 0.238. The fraction of sp³-hybridized carbons (Fsp3) is 0.467. The summed E-state index contributed by atoms with van der Waals surface area (Å²) in [6.45, 7) is 4.21. The van der Waals surface area contributed by atoms with Crippen molar-refractivity contribution in [1.29, 1.82) is 0 Å². The second-order valence-electron chi connectivity index (χ2n) is 4.09. The number of hydrogen-bond donors (Lipinski definition) is 1. The molecule has 1 aromatic carbocycles. The maximum absolute atomic E-state index is 9.79. The minimum atomic E-state index is -0.637. The third kappa shape index (κ3) is 4.51. The maximum Gasteiger partial charge on any atom is 0.140 e. The van der Waals surface area contributed by atoms with Crippen LogP contribution in [0.15, 0.2) is 24.3 Å². The average Bonchev–Trinajstić information content (AvgIpc) is 2.29. The van der Waals surface area contributed by atoms with Crippen LogP contribution in [-0.2, 0) is 0 Å². The first-order valence-corrected chi connectivity index (χ1v) is 5.97. The van der Waals surface area contributed by atoms with Crippen LogP contribution in [0.25, 0.3) is 0 Å². The van der Waals surface area contributed by atoms with E-state index in [1.165, 1.54) is 18.4 Å². The third-order valence-corrected chi connectivity index (χ3v) is 2.54. The van der Waals surface area contributed by atoms with Crippen molar-refractivity contribution >= 4 is 0 Å². The number of hydrogen-bond acceptors (Lipinski definition) is 1. The van der Waals surface area contributed by atoms with Crippen LogP contribution in [0.5, 0.6) is 0 Å². The van der Waals surface area contributed by atoms with Gasteiger partial charge in [-0.2, -0.15) is 0 Å². The van der Waals surface area contributed by atoms with E-state index in [2.05, 4.69) is 18.8 Å². The molecule has 1 N–H and O–H groups in total. The van der Waals surface area contributed by atoms with Gasteiger partial charge >= 0.3 is 0 Å². The lowest BCUT2D eigenvalue weighted by atomic mass is 10.1. The zero-order chi connectivity index (χ0) is 11.8. The van der Waals surface area contributed by atoms with E-state index in [1.807, 2.05) is 31.2 Å². The first-order valence-electron chi connectivity index (χ1n) is 5.97. The van der Waals surface area contributed by atoms with Crippen LogP contribution in [0, 0.1) is 18.8 Å². The molecule has 86 valence electrons. The Labute approximate surface area is 98.5 Å². The molecule has 0 fully saturated rings. The summed E-state index contributed by atoms with van der Waals surface area (Å²) < 4.78 is 0. The first kappa shape index (κ1) is 12.8. The van der Waals surface area contributed by atoms with Crippen molar-refractivity contribution in [3.8, 4) is 11.8 Å². The predicted octanol–water partition coefficient (Wildman–Crippen LogP) is 3.61. The van der Waals surface area contributed by atoms with E-state index in [0.29, 0.717) is 0 Å². The van der Waals surface area contributed by atoms with Crippen LogP contribution in [-0.4, -0.2) is 5.11 Å². The molecule has 1 nitrogen and oxygen atoms in total. The largest absolute Gasteiger partial charge is 0.376 e. The van der Waals surface area contributed by atoms with Gasteiger partial charge in [0.1, 0.15) is 6.10 Å². The summed E-state index contributed by atoms with van der Waals surface area (Å²) in [7, 11) is 0. The Balaban J connectivity index is 2.45. The molecule has 0 aliphatic rings. The van der Waals surface area contributed by atoms with Gasteiger partial charge in [0.05, 0.1) is 0 Å². The Bertz CT molecular complexity index is 353. The lowest BCUT2D eigenvalue weighted by Crippen LogP contribution is -1.93. The van der Waals surface area contributed by atoms with Crippen LogP contribution in [0.1, 0.15) is 49.8 Å².